The molecule has 104 valence electrons. The number of likely N-dealkylation sites (tertiary alicyclic amines) is 2. The molecule has 1 amide bonds. The van der Waals surface area contributed by atoms with Gasteiger partial charge in [0, 0.05) is 39.2 Å². The van der Waals surface area contributed by atoms with Gasteiger partial charge in [0.05, 0.1) is 6.61 Å². The summed E-state index contributed by atoms with van der Waals surface area (Å²) in [5, 5.41) is 0. The van der Waals surface area contributed by atoms with Gasteiger partial charge in [-0.15, -0.1) is 0 Å². The fraction of sp³-hybridized carbons (Fsp3) is 0.929. The van der Waals surface area contributed by atoms with Crippen LogP contribution in [0.2, 0.25) is 0 Å². The van der Waals surface area contributed by atoms with E-state index in [-0.39, 0.29) is 0 Å². The van der Waals surface area contributed by atoms with Crippen molar-refractivity contribution in [3.63, 3.8) is 0 Å². The van der Waals surface area contributed by atoms with E-state index in [1.54, 1.807) is 0 Å². The van der Waals surface area contributed by atoms with Crippen LogP contribution < -0.4 is 0 Å². The lowest BCUT2D eigenvalue weighted by Crippen LogP contribution is -2.35. The van der Waals surface area contributed by atoms with Crippen LogP contribution in [0.1, 0.15) is 32.6 Å². The zero-order chi connectivity index (χ0) is 12.8. The van der Waals surface area contributed by atoms with Crippen molar-refractivity contribution in [2.24, 2.45) is 5.92 Å². The maximum atomic E-state index is 11.5. The van der Waals surface area contributed by atoms with E-state index >= 15 is 0 Å². The van der Waals surface area contributed by atoms with Crippen LogP contribution in [-0.2, 0) is 9.53 Å². The summed E-state index contributed by atoms with van der Waals surface area (Å²) in [7, 11) is 0. The normalized spacial score (nSPS) is 25.3. The maximum Gasteiger partial charge on any atom is 0.222 e. The van der Waals surface area contributed by atoms with E-state index in [1.807, 2.05) is 4.90 Å². The van der Waals surface area contributed by atoms with Crippen molar-refractivity contribution in [1.82, 2.24) is 9.80 Å². The summed E-state index contributed by atoms with van der Waals surface area (Å²) in [5.74, 6) is 1.04. The Bertz CT molecular complexity index is 271. The van der Waals surface area contributed by atoms with Crippen molar-refractivity contribution < 1.29 is 9.53 Å². The van der Waals surface area contributed by atoms with Gasteiger partial charge in [-0.1, -0.05) is 6.92 Å². The number of carbonyl (C=O) groups is 1. The van der Waals surface area contributed by atoms with E-state index in [4.69, 9.17) is 4.74 Å². The van der Waals surface area contributed by atoms with E-state index in [2.05, 4.69) is 11.8 Å². The Morgan fingerprint density at radius 1 is 1.33 bits per heavy atom. The molecule has 4 nitrogen and oxygen atoms in total. The Labute approximate surface area is 110 Å². The van der Waals surface area contributed by atoms with Crippen molar-refractivity contribution in [3.05, 3.63) is 0 Å². The van der Waals surface area contributed by atoms with Crippen LogP contribution in [0.25, 0.3) is 0 Å². The Morgan fingerprint density at radius 2 is 2.22 bits per heavy atom. The van der Waals surface area contributed by atoms with Crippen molar-refractivity contribution in [2.45, 2.75) is 32.6 Å². The minimum Gasteiger partial charge on any atom is -0.381 e. The number of nitrogens with zero attached hydrogens (tertiary/aromatic N) is 2. The molecule has 2 aliphatic heterocycles. The number of hydrogen-bond acceptors (Lipinski definition) is 3. The summed E-state index contributed by atoms with van der Waals surface area (Å²) >= 11 is 0. The molecule has 2 fully saturated rings. The largest absolute Gasteiger partial charge is 0.381 e. The highest BCUT2D eigenvalue weighted by atomic mass is 16.5. The Kier molecular flexibility index (Phi) is 5.45. The van der Waals surface area contributed by atoms with E-state index in [0.29, 0.717) is 11.8 Å². The topological polar surface area (TPSA) is 32.8 Å². The van der Waals surface area contributed by atoms with Crippen LogP contribution in [-0.4, -0.2) is 61.6 Å². The monoisotopic (exact) mass is 254 g/mol. The van der Waals surface area contributed by atoms with Gasteiger partial charge in [-0.2, -0.15) is 0 Å². The predicted molar refractivity (Wildman–Crippen MR) is 71.5 cm³/mol. The molecule has 0 bridgehead atoms. The molecule has 0 saturated carbocycles. The van der Waals surface area contributed by atoms with Crippen molar-refractivity contribution in [1.29, 1.82) is 0 Å². The third-order valence-electron chi connectivity index (χ3n) is 3.93. The molecular formula is C14H26N2O2. The van der Waals surface area contributed by atoms with Crippen molar-refractivity contribution in [2.75, 3.05) is 45.9 Å². The number of rotatable bonds is 7. The zero-order valence-electron chi connectivity index (χ0n) is 11.6. The lowest BCUT2D eigenvalue weighted by molar-refractivity contribution is -0.127. The van der Waals surface area contributed by atoms with Gasteiger partial charge in [0.15, 0.2) is 0 Å². The van der Waals surface area contributed by atoms with Gasteiger partial charge in [0.2, 0.25) is 5.91 Å². The first-order chi connectivity index (χ1) is 8.79. The summed E-state index contributed by atoms with van der Waals surface area (Å²) in [6, 6.07) is 0. The zero-order valence-corrected chi connectivity index (χ0v) is 11.6. The SMILES string of the molecule is CCCOCC1CCN(CCN2CCCC2=O)C1. The molecule has 4 heteroatoms. The second-order valence-corrected chi connectivity index (χ2v) is 5.51. The van der Waals surface area contributed by atoms with Gasteiger partial charge >= 0.3 is 0 Å². The molecule has 2 rings (SSSR count). The number of carbonyl (C=O) groups excluding carboxylic acids is 1. The number of ether oxygens (including phenoxy) is 1. The molecule has 2 aliphatic rings. The number of amides is 1. The average Bonchev–Trinajstić information content (AvgIpc) is 2.96. The van der Waals surface area contributed by atoms with Crippen LogP contribution in [0.15, 0.2) is 0 Å². The molecule has 0 aliphatic carbocycles. The fourth-order valence-electron chi connectivity index (χ4n) is 2.85. The summed E-state index contributed by atoms with van der Waals surface area (Å²) in [5.41, 5.74) is 0. The van der Waals surface area contributed by atoms with Crippen LogP contribution >= 0.6 is 0 Å². The second kappa shape index (κ2) is 7.10. The molecule has 2 heterocycles. The highest BCUT2D eigenvalue weighted by Gasteiger charge is 2.25. The van der Waals surface area contributed by atoms with E-state index in [1.165, 1.54) is 13.0 Å². The third kappa shape index (κ3) is 3.95. The van der Waals surface area contributed by atoms with Gasteiger partial charge in [-0.3, -0.25) is 4.79 Å². The van der Waals surface area contributed by atoms with Gasteiger partial charge in [-0.05, 0) is 31.7 Å². The first-order valence-electron chi connectivity index (χ1n) is 7.37. The van der Waals surface area contributed by atoms with Crippen LogP contribution in [0.5, 0.6) is 0 Å². The summed E-state index contributed by atoms with van der Waals surface area (Å²) in [6.07, 6.45) is 4.16. The highest BCUT2D eigenvalue weighted by molar-refractivity contribution is 5.78. The van der Waals surface area contributed by atoms with E-state index in [0.717, 1.165) is 58.7 Å². The molecule has 1 atom stereocenters. The van der Waals surface area contributed by atoms with Crippen molar-refractivity contribution >= 4 is 5.91 Å². The average molecular weight is 254 g/mol. The van der Waals surface area contributed by atoms with Crippen molar-refractivity contribution in [3.8, 4) is 0 Å². The number of hydrogen-bond donors (Lipinski definition) is 0. The Balaban J connectivity index is 1.59. The molecule has 2 saturated heterocycles. The van der Waals surface area contributed by atoms with Gasteiger partial charge in [0.25, 0.3) is 0 Å². The molecule has 0 radical (unpaired) electrons. The predicted octanol–water partition coefficient (Wildman–Crippen LogP) is 1.36. The minimum atomic E-state index is 0.344. The molecule has 0 aromatic heterocycles. The molecule has 0 spiro atoms. The summed E-state index contributed by atoms with van der Waals surface area (Å²) in [4.78, 5) is 16.0. The van der Waals surface area contributed by atoms with Gasteiger partial charge in [-0.25, -0.2) is 0 Å². The fourth-order valence-corrected chi connectivity index (χ4v) is 2.85. The van der Waals surface area contributed by atoms with Gasteiger partial charge in [0.1, 0.15) is 0 Å². The van der Waals surface area contributed by atoms with Crippen LogP contribution in [0.4, 0.5) is 0 Å². The molecule has 18 heavy (non-hydrogen) atoms. The van der Waals surface area contributed by atoms with E-state index < -0.39 is 0 Å². The Morgan fingerprint density at radius 3 is 2.94 bits per heavy atom. The molecule has 0 N–H and O–H groups in total. The molecule has 0 aromatic rings. The third-order valence-corrected chi connectivity index (χ3v) is 3.93. The Hall–Kier alpha value is -0.610. The van der Waals surface area contributed by atoms with Crippen LogP contribution in [0.3, 0.4) is 0 Å². The minimum absolute atomic E-state index is 0.344. The summed E-state index contributed by atoms with van der Waals surface area (Å²) < 4.78 is 5.62. The lowest BCUT2D eigenvalue weighted by Gasteiger charge is -2.21. The smallest absolute Gasteiger partial charge is 0.222 e. The summed E-state index contributed by atoms with van der Waals surface area (Å²) in [6.45, 7) is 9.18. The first-order valence-corrected chi connectivity index (χ1v) is 7.37. The standard InChI is InChI=1S/C14H26N2O2/c1-2-10-18-12-13-5-7-15(11-13)8-9-16-6-3-4-14(16)17/h13H,2-12H2,1H3. The maximum absolute atomic E-state index is 11.5. The van der Waals surface area contributed by atoms with E-state index in [9.17, 15) is 4.79 Å². The van der Waals surface area contributed by atoms with Crippen LogP contribution in [0, 0.1) is 5.92 Å². The van der Waals surface area contributed by atoms with Gasteiger partial charge < -0.3 is 14.5 Å². The quantitative estimate of drug-likeness (QED) is 0.643. The molecule has 0 aromatic carbocycles. The lowest BCUT2D eigenvalue weighted by atomic mass is 10.1. The molecule has 1 unspecified atom stereocenters. The molecular weight excluding hydrogens is 228 g/mol. The highest BCUT2D eigenvalue weighted by Crippen LogP contribution is 2.17. The first kappa shape index (κ1) is 13.8. The second-order valence-electron chi connectivity index (χ2n) is 5.51.